The lowest BCUT2D eigenvalue weighted by atomic mass is 10.2. The number of imide groups is 1. The molecular formula is C8H9N3O2. The van der Waals surface area contributed by atoms with Gasteiger partial charge in [0, 0.05) is 6.20 Å². The maximum atomic E-state index is 11.2. The summed E-state index contributed by atoms with van der Waals surface area (Å²) in [5.41, 5.74) is 5.69. The molecule has 0 fully saturated rings. The van der Waals surface area contributed by atoms with Crippen LogP contribution in [-0.4, -0.2) is 16.9 Å². The molecule has 3 amide bonds. The van der Waals surface area contributed by atoms with Gasteiger partial charge in [-0.1, -0.05) is 6.07 Å². The monoisotopic (exact) mass is 179 g/mol. The van der Waals surface area contributed by atoms with Crippen molar-refractivity contribution in [3.05, 3.63) is 29.6 Å². The summed E-state index contributed by atoms with van der Waals surface area (Å²) in [6.07, 6.45) is 1.48. The third-order valence-corrected chi connectivity index (χ3v) is 1.46. The van der Waals surface area contributed by atoms with E-state index < -0.39 is 11.9 Å². The van der Waals surface area contributed by atoms with Crippen molar-refractivity contribution in [2.24, 2.45) is 5.73 Å². The zero-order valence-corrected chi connectivity index (χ0v) is 7.07. The molecule has 0 aromatic carbocycles. The molecule has 68 valence electrons. The van der Waals surface area contributed by atoms with Gasteiger partial charge in [-0.25, -0.2) is 4.79 Å². The predicted octanol–water partition coefficient (Wildman–Crippen LogP) is 0.199. The van der Waals surface area contributed by atoms with Crippen LogP contribution in [0.5, 0.6) is 0 Å². The van der Waals surface area contributed by atoms with Crippen molar-refractivity contribution >= 4 is 11.9 Å². The molecule has 0 aliphatic heterocycles. The Balaban J connectivity index is 2.89. The summed E-state index contributed by atoms with van der Waals surface area (Å²) in [4.78, 5) is 25.4. The molecule has 1 aromatic heterocycles. The van der Waals surface area contributed by atoms with Gasteiger partial charge in [0.05, 0.1) is 0 Å². The quantitative estimate of drug-likeness (QED) is 0.645. The number of carbonyl (C=O) groups excluding carboxylic acids is 2. The molecule has 0 unspecified atom stereocenters. The van der Waals surface area contributed by atoms with Crippen LogP contribution in [0.4, 0.5) is 4.79 Å². The number of urea groups is 1. The molecule has 5 nitrogen and oxygen atoms in total. The number of aromatic nitrogens is 1. The Kier molecular flexibility index (Phi) is 2.59. The first-order chi connectivity index (χ1) is 6.11. The zero-order chi connectivity index (χ0) is 9.84. The fourth-order valence-corrected chi connectivity index (χ4v) is 0.894. The second-order valence-corrected chi connectivity index (χ2v) is 2.49. The first-order valence-corrected chi connectivity index (χ1v) is 3.63. The average molecular weight is 179 g/mol. The van der Waals surface area contributed by atoms with Gasteiger partial charge in [0.15, 0.2) is 0 Å². The van der Waals surface area contributed by atoms with Gasteiger partial charge in [0.2, 0.25) is 0 Å². The van der Waals surface area contributed by atoms with Crippen molar-refractivity contribution in [2.45, 2.75) is 6.92 Å². The summed E-state index contributed by atoms with van der Waals surface area (Å²) < 4.78 is 0. The fourth-order valence-electron chi connectivity index (χ4n) is 0.894. The van der Waals surface area contributed by atoms with Crippen LogP contribution in [0.1, 0.15) is 16.1 Å². The van der Waals surface area contributed by atoms with Crippen molar-refractivity contribution in [1.82, 2.24) is 10.3 Å². The van der Waals surface area contributed by atoms with Crippen molar-refractivity contribution in [1.29, 1.82) is 0 Å². The summed E-state index contributed by atoms with van der Waals surface area (Å²) in [5, 5.41) is 1.94. The standard InChI is InChI=1S/C8H9N3O2/c1-5-3-2-4-10-6(5)7(12)11-8(9)13/h2-4H,1H3,(H3,9,11,12,13). The number of primary amides is 1. The molecule has 0 saturated heterocycles. The van der Waals surface area contributed by atoms with E-state index in [0.717, 1.165) is 0 Å². The second-order valence-electron chi connectivity index (χ2n) is 2.49. The number of nitrogens with one attached hydrogen (secondary N) is 1. The van der Waals surface area contributed by atoms with Gasteiger partial charge in [-0.05, 0) is 18.6 Å². The Bertz CT molecular complexity index is 349. The van der Waals surface area contributed by atoms with Gasteiger partial charge in [-0.2, -0.15) is 0 Å². The van der Waals surface area contributed by atoms with E-state index >= 15 is 0 Å². The Morgan fingerprint density at radius 3 is 2.77 bits per heavy atom. The maximum Gasteiger partial charge on any atom is 0.319 e. The topological polar surface area (TPSA) is 85.1 Å². The lowest BCUT2D eigenvalue weighted by Crippen LogP contribution is -2.35. The van der Waals surface area contributed by atoms with Crippen LogP contribution in [-0.2, 0) is 0 Å². The smallest absolute Gasteiger partial charge is 0.319 e. The number of rotatable bonds is 1. The molecule has 1 rings (SSSR count). The van der Waals surface area contributed by atoms with Crippen LogP contribution in [0.3, 0.4) is 0 Å². The molecule has 1 aromatic rings. The largest absolute Gasteiger partial charge is 0.351 e. The van der Waals surface area contributed by atoms with E-state index in [-0.39, 0.29) is 5.69 Å². The fraction of sp³-hybridized carbons (Fsp3) is 0.125. The van der Waals surface area contributed by atoms with Gasteiger partial charge in [-0.15, -0.1) is 0 Å². The second kappa shape index (κ2) is 3.66. The van der Waals surface area contributed by atoms with Crippen molar-refractivity contribution in [3.8, 4) is 0 Å². The van der Waals surface area contributed by atoms with E-state index in [1.54, 1.807) is 19.1 Å². The lowest BCUT2D eigenvalue weighted by Gasteiger charge is -2.01. The number of pyridine rings is 1. The van der Waals surface area contributed by atoms with Crippen LogP contribution in [0, 0.1) is 6.92 Å². The van der Waals surface area contributed by atoms with E-state index in [9.17, 15) is 9.59 Å². The van der Waals surface area contributed by atoms with Gasteiger partial charge in [0.1, 0.15) is 5.69 Å². The highest BCUT2D eigenvalue weighted by Crippen LogP contribution is 2.01. The van der Waals surface area contributed by atoms with Gasteiger partial charge in [-0.3, -0.25) is 15.1 Å². The van der Waals surface area contributed by atoms with Crippen LogP contribution in [0.2, 0.25) is 0 Å². The Morgan fingerprint density at radius 2 is 2.23 bits per heavy atom. The first-order valence-electron chi connectivity index (χ1n) is 3.63. The molecular weight excluding hydrogens is 170 g/mol. The summed E-state index contributed by atoms with van der Waals surface area (Å²) >= 11 is 0. The van der Waals surface area contributed by atoms with Crippen LogP contribution < -0.4 is 11.1 Å². The molecule has 5 heteroatoms. The van der Waals surface area contributed by atoms with Gasteiger partial charge >= 0.3 is 6.03 Å². The zero-order valence-electron chi connectivity index (χ0n) is 7.07. The minimum Gasteiger partial charge on any atom is -0.351 e. The molecule has 0 atom stereocenters. The number of hydrogen-bond donors (Lipinski definition) is 2. The van der Waals surface area contributed by atoms with Crippen molar-refractivity contribution in [3.63, 3.8) is 0 Å². The SMILES string of the molecule is Cc1cccnc1C(=O)NC(N)=O. The van der Waals surface area contributed by atoms with Crippen molar-refractivity contribution < 1.29 is 9.59 Å². The van der Waals surface area contributed by atoms with Crippen LogP contribution in [0.25, 0.3) is 0 Å². The summed E-state index contributed by atoms with van der Waals surface area (Å²) in [5.74, 6) is -0.578. The summed E-state index contributed by atoms with van der Waals surface area (Å²) in [6, 6.07) is 2.55. The minimum absolute atomic E-state index is 0.210. The number of carbonyl (C=O) groups is 2. The highest BCUT2D eigenvalue weighted by molar-refractivity contribution is 6.03. The number of nitrogens with two attached hydrogens (primary N) is 1. The first kappa shape index (κ1) is 9.18. The average Bonchev–Trinajstić information content (AvgIpc) is 2.03. The van der Waals surface area contributed by atoms with Gasteiger partial charge < -0.3 is 5.73 Å². The summed E-state index contributed by atoms with van der Waals surface area (Å²) in [6.45, 7) is 1.73. The molecule has 0 bridgehead atoms. The molecule has 0 saturated carbocycles. The Hall–Kier alpha value is -1.91. The molecule has 0 aliphatic carbocycles. The normalized spacial score (nSPS) is 9.31. The third kappa shape index (κ3) is 2.26. The van der Waals surface area contributed by atoms with E-state index in [1.807, 2.05) is 5.32 Å². The number of nitrogens with zero attached hydrogens (tertiary/aromatic N) is 1. The number of amides is 3. The Morgan fingerprint density at radius 1 is 1.54 bits per heavy atom. The number of aryl methyl sites for hydroxylation is 1. The van der Waals surface area contributed by atoms with Gasteiger partial charge in [0.25, 0.3) is 5.91 Å². The molecule has 3 N–H and O–H groups in total. The van der Waals surface area contributed by atoms with E-state index in [2.05, 4.69) is 4.98 Å². The molecule has 0 radical (unpaired) electrons. The molecule has 1 heterocycles. The van der Waals surface area contributed by atoms with Crippen molar-refractivity contribution in [2.75, 3.05) is 0 Å². The van der Waals surface area contributed by atoms with E-state index in [4.69, 9.17) is 5.73 Å². The molecule has 0 aliphatic rings. The minimum atomic E-state index is -0.880. The highest BCUT2D eigenvalue weighted by atomic mass is 16.2. The van der Waals surface area contributed by atoms with E-state index in [0.29, 0.717) is 5.56 Å². The third-order valence-electron chi connectivity index (χ3n) is 1.46. The van der Waals surface area contributed by atoms with Crippen LogP contribution >= 0.6 is 0 Å². The highest BCUT2D eigenvalue weighted by Gasteiger charge is 2.10. The van der Waals surface area contributed by atoms with E-state index in [1.165, 1.54) is 6.20 Å². The molecule has 0 spiro atoms. The summed E-state index contributed by atoms with van der Waals surface area (Å²) in [7, 11) is 0. The predicted molar refractivity (Wildman–Crippen MR) is 46.0 cm³/mol. The lowest BCUT2D eigenvalue weighted by molar-refractivity contribution is 0.0960. The van der Waals surface area contributed by atoms with Crippen LogP contribution in [0.15, 0.2) is 18.3 Å². The molecule has 13 heavy (non-hydrogen) atoms. The Labute approximate surface area is 75.0 Å². The maximum absolute atomic E-state index is 11.2. The number of hydrogen-bond acceptors (Lipinski definition) is 3.